The third-order valence-corrected chi connectivity index (χ3v) is 3.36. The number of aliphatic hydroxyl groups excluding tert-OH is 3. The summed E-state index contributed by atoms with van der Waals surface area (Å²) in [6, 6.07) is -1.11. The van der Waals surface area contributed by atoms with Crippen LogP contribution in [-0.2, 0) is 9.47 Å². The second kappa shape index (κ2) is 6.76. The monoisotopic (exact) mass is 264 g/mol. The average Bonchev–Trinajstić information content (AvgIpc) is 2.38. The molecule has 0 aromatic rings. The van der Waals surface area contributed by atoms with Gasteiger partial charge in [-0.3, -0.25) is 0 Å². The van der Waals surface area contributed by atoms with Crippen LogP contribution in [0.15, 0.2) is 0 Å². The molecule has 0 saturated carbocycles. The molecular formula is C11H24N2O5. The normalized spacial score (nSPS) is 40.5. The first kappa shape index (κ1) is 15.8. The molecule has 7 heteroatoms. The summed E-state index contributed by atoms with van der Waals surface area (Å²) in [7, 11) is 0. The van der Waals surface area contributed by atoms with E-state index in [0.29, 0.717) is 0 Å². The lowest BCUT2D eigenvalue weighted by Gasteiger charge is -2.41. The summed E-state index contributed by atoms with van der Waals surface area (Å²) < 4.78 is 10.8. The summed E-state index contributed by atoms with van der Waals surface area (Å²) in [5.74, 6) is 0. The van der Waals surface area contributed by atoms with Gasteiger partial charge in [0.05, 0.1) is 18.8 Å². The minimum atomic E-state index is -1.16. The lowest BCUT2D eigenvalue weighted by atomic mass is 9.97. The first-order chi connectivity index (χ1) is 8.42. The molecule has 7 atom stereocenters. The fraction of sp³-hybridized carbons (Fsp3) is 1.00. The Hall–Kier alpha value is -0.280. The van der Waals surface area contributed by atoms with Gasteiger partial charge in [-0.2, -0.15) is 0 Å². The van der Waals surface area contributed by atoms with Crippen LogP contribution < -0.4 is 11.5 Å². The van der Waals surface area contributed by atoms with Crippen molar-refractivity contribution in [3.8, 4) is 0 Å². The van der Waals surface area contributed by atoms with Gasteiger partial charge in [-0.1, -0.05) is 6.92 Å². The van der Waals surface area contributed by atoms with Crippen molar-refractivity contribution < 1.29 is 24.8 Å². The number of hydrogen-bond acceptors (Lipinski definition) is 7. The van der Waals surface area contributed by atoms with Crippen LogP contribution in [-0.4, -0.2) is 64.7 Å². The number of ether oxygens (including phenoxy) is 2. The molecule has 18 heavy (non-hydrogen) atoms. The van der Waals surface area contributed by atoms with E-state index in [-0.39, 0.29) is 12.1 Å². The second-order valence-corrected chi connectivity index (χ2v) is 4.70. The SMILES string of the molecule is CCC(N)C(C)OC1OC(CO)C(O)C(N)C1O. The molecule has 7 nitrogen and oxygen atoms in total. The zero-order valence-corrected chi connectivity index (χ0v) is 10.8. The summed E-state index contributed by atoms with van der Waals surface area (Å²) in [6.07, 6.45) is -3.74. The molecular weight excluding hydrogens is 240 g/mol. The maximum Gasteiger partial charge on any atom is 0.185 e. The minimum Gasteiger partial charge on any atom is -0.394 e. The van der Waals surface area contributed by atoms with E-state index in [1.54, 1.807) is 6.92 Å². The Morgan fingerprint density at radius 2 is 1.94 bits per heavy atom. The maximum atomic E-state index is 9.87. The van der Waals surface area contributed by atoms with Crippen molar-refractivity contribution in [3.05, 3.63) is 0 Å². The Balaban J connectivity index is 2.64. The van der Waals surface area contributed by atoms with E-state index in [9.17, 15) is 10.2 Å². The topological polar surface area (TPSA) is 131 Å². The van der Waals surface area contributed by atoms with Gasteiger partial charge in [-0.15, -0.1) is 0 Å². The van der Waals surface area contributed by atoms with Crippen molar-refractivity contribution in [2.24, 2.45) is 11.5 Å². The Morgan fingerprint density at radius 3 is 2.44 bits per heavy atom. The molecule has 1 aliphatic rings. The van der Waals surface area contributed by atoms with E-state index in [1.165, 1.54) is 0 Å². The van der Waals surface area contributed by atoms with Crippen molar-refractivity contribution in [1.82, 2.24) is 0 Å². The molecule has 0 bridgehead atoms. The van der Waals surface area contributed by atoms with Gasteiger partial charge in [0.25, 0.3) is 0 Å². The maximum absolute atomic E-state index is 9.87. The fourth-order valence-electron chi connectivity index (χ4n) is 1.87. The molecule has 0 aromatic carbocycles. The predicted molar refractivity (Wildman–Crippen MR) is 64.5 cm³/mol. The van der Waals surface area contributed by atoms with Gasteiger partial charge in [0.1, 0.15) is 18.3 Å². The second-order valence-electron chi connectivity index (χ2n) is 4.70. The van der Waals surface area contributed by atoms with Gasteiger partial charge in [0, 0.05) is 6.04 Å². The molecule has 1 fully saturated rings. The first-order valence-electron chi connectivity index (χ1n) is 6.21. The molecule has 1 aliphatic heterocycles. The highest BCUT2D eigenvalue weighted by Crippen LogP contribution is 2.22. The van der Waals surface area contributed by atoms with Crippen LogP contribution in [0.2, 0.25) is 0 Å². The minimum absolute atomic E-state index is 0.184. The van der Waals surface area contributed by atoms with Gasteiger partial charge in [-0.05, 0) is 13.3 Å². The summed E-state index contributed by atoms with van der Waals surface area (Å²) in [6.45, 7) is 3.30. The molecule has 1 rings (SSSR count). The van der Waals surface area contributed by atoms with Crippen LogP contribution in [0.25, 0.3) is 0 Å². The van der Waals surface area contributed by atoms with Crippen LogP contribution in [0.1, 0.15) is 20.3 Å². The van der Waals surface area contributed by atoms with Crippen LogP contribution in [0.5, 0.6) is 0 Å². The molecule has 1 saturated heterocycles. The third-order valence-electron chi connectivity index (χ3n) is 3.36. The zero-order valence-electron chi connectivity index (χ0n) is 10.8. The van der Waals surface area contributed by atoms with E-state index in [2.05, 4.69) is 0 Å². The Morgan fingerprint density at radius 1 is 1.33 bits per heavy atom. The van der Waals surface area contributed by atoms with Gasteiger partial charge in [0.2, 0.25) is 0 Å². The quantitative estimate of drug-likeness (QED) is 0.384. The predicted octanol–water partition coefficient (Wildman–Crippen LogP) is -2.10. The summed E-state index contributed by atoms with van der Waals surface area (Å²) in [5, 5.41) is 28.6. The highest BCUT2D eigenvalue weighted by atomic mass is 16.7. The number of rotatable bonds is 5. The molecule has 0 spiro atoms. The van der Waals surface area contributed by atoms with Gasteiger partial charge in [0.15, 0.2) is 6.29 Å². The van der Waals surface area contributed by atoms with Crippen molar-refractivity contribution in [2.75, 3.05) is 6.61 Å². The number of aliphatic hydroxyl groups is 3. The van der Waals surface area contributed by atoms with Gasteiger partial charge >= 0.3 is 0 Å². The van der Waals surface area contributed by atoms with E-state index < -0.39 is 37.3 Å². The van der Waals surface area contributed by atoms with Crippen molar-refractivity contribution in [3.63, 3.8) is 0 Å². The molecule has 7 N–H and O–H groups in total. The van der Waals surface area contributed by atoms with Crippen molar-refractivity contribution >= 4 is 0 Å². The number of nitrogens with two attached hydrogens (primary N) is 2. The fourth-order valence-corrected chi connectivity index (χ4v) is 1.87. The van der Waals surface area contributed by atoms with Crippen LogP contribution in [0.3, 0.4) is 0 Å². The summed E-state index contributed by atoms with van der Waals surface area (Å²) in [5.41, 5.74) is 11.5. The summed E-state index contributed by atoms with van der Waals surface area (Å²) in [4.78, 5) is 0. The average molecular weight is 264 g/mol. The lowest BCUT2D eigenvalue weighted by Crippen LogP contribution is -2.63. The molecule has 0 aliphatic carbocycles. The van der Waals surface area contributed by atoms with Crippen LogP contribution >= 0.6 is 0 Å². The van der Waals surface area contributed by atoms with E-state index in [4.69, 9.17) is 26.0 Å². The van der Waals surface area contributed by atoms with Crippen LogP contribution in [0, 0.1) is 0 Å². The van der Waals surface area contributed by atoms with E-state index in [0.717, 1.165) is 6.42 Å². The third kappa shape index (κ3) is 3.39. The molecule has 108 valence electrons. The summed E-state index contributed by atoms with van der Waals surface area (Å²) >= 11 is 0. The van der Waals surface area contributed by atoms with Crippen molar-refractivity contribution in [1.29, 1.82) is 0 Å². The molecule has 7 unspecified atom stereocenters. The number of hydrogen-bond donors (Lipinski definition) is 5. The van der Waals surface area contributed by atoms with E-state index in [1.807, 2.05) is 6.92 Å². The largest absolute Gasteiger partial charge is 0.394 e. The molecule has 1 heterocycles. The van der Waals surface area contributed by atoms with Crippen LogP contribution in [0.4, 0.5) is 0 Å². The Bertz CT molecular complexity index is 254. The molecule has 0 radical (unpaired) electrons. The lowest BCUT2D eigenvalue weighted by molar-refractivity contribution is -0.288. The highest BCUT2D eigenvalue weighted by Gasteiger charge is 2.43. The standard InChI is InChI=1S/C11H24N2O5/c1-3-6(12)5(2)17-11-10(16)8(13)9(15)7(4-14)18-11/h5-11,14-16H,3-4,12-13H2,1-2H3. The zero-order chi connectivity index (χ0) is 13.9. The highest BCUT2D eigenvalue weighted by molar-refractivity contribution is 4.92. The first-order valence-corrected chi connectivity index (χ1v) is 6.21. The molecule has 0 amide bonds. The Labute approximate surface area is 107 Å². The Kier molecular flexibility index (Phi) is 5.93. The van der Waals surface area contributed by atoms with Gasteiger partial charge in [-0.25, -0.2) is 0 Å². The van der Waals surface area contributed by atoms with Gasteiger partial charge < -0.3 is 36.3 Å². The van der Waals surface area contributed by atoms with Crippen molar-refractivity contribution in [2.45, 2.75) is 63.1 Å². The smallest absolute Gasteiger partial charge is 0.185 e. The molecule has 0 aromatic heterocycles. The van der Waals surface area contributed by atoms with E-state index >= 15 is 0 Å².